The second kappa shape index (κ2) is 9.77. The van der Waals surface area contributed by atoms with Crippen LogP contribution in [0.1, 0.15) is 37.4 Å². The van der Waals surface area contributed by atoms with Gasteiger partial charge in [0.1, 0.15) is 4.21 Å². The van der Waals surface area contributed by atoms with Gasteiger partial charge in [-0.3, -0.25) is 4.79 Å². The Morgan fingerprint density at radius 3 is 2.66 bits per heavy atom. The number of thiophene rings is 1. The molecule has 1 N–H and O–H groups in total. The molecule has 172 valence electrons. The average Bonchev–Trinajstić information content (AvgIpc) is 3.30. The highest BCUT2D eigenvalue weighted by Gasteiger charge is 2.30. The number of aromatic amines is 1. The SMILES string of the molecule is CCc1cc(-c2ccc(S(=O)(=O)N3CCC(CCN4C=CC=CC4)CC3)s2)c(C)[nH]c1=O. The highest BCUT2D eigenvalue weighted by atomic mass is 32.2. The van der Waals surface area contributed by atoms with E-state index in [1.165, 1.54) is 11.3 Å². The molecule has 1 saturated heterocycles. The van der Waals surface area contributed by atoms with Crippen LogP contribution in [0.25, 0.3) is 10.4 Å². The molecule has 0 aromatic carbocycles. The molecule has 8 heteroatoms. The number of nitrogens with zero attached hydrogens (tertiary/aromatic N) is 2. The molecule has 1 fully saturated rings. The third-order valence-electron chi connectivity index (χ3n) is 6.42. The van der Waals surface area contributed by atoms with Crippen molar-refractivity contribution in [1.29, 1.82) is 0 Å². The Bertz CT molecular complexity index is 1170. The van der Waals surface area contributed by atoms with Gasteiger partial charge >= 0.3 is 0 Å². The zero-order valence-corrected chi connectivity index (χ0v) is 20.3. The summed E-state index contributed by atoms with van der Waals surface area (Å²) in [4.78, 5) is 18.1. The van der Waals surface area contributed by atoms with Gasteiger partial charge < -0.3 is 9.88 Å². The number of nitrogens with one attached hydrogen (secondary N) is 1. The van der Waals surface area contributed by atoms with E-state index < -0.39 is 10.0 Å². The van der Waals surface area contributed by atoms with Crippen molar-refractivity contribution in [2.75, 3.05) is 26.2 Å². The number of sulfonamides is 1. The lowest BCUT2D eigenvalue weighted by Crippen LogP contribution is -2.38. The largest absolute Gasteiger partial charge is 0.374 e. The molecule has 0 radical (unpaired) electrons. The maximum absolute atomic E-state index is 13.3. The van der Waals surface area contributed by atoms with Crippen LogP contribution in [0.5, 0.6) is 0 Å². The Kier molecular flexibility index (Phi) is 7.02. The minimum absolute atomic E-state index is 0.0752. The molecule has 6 nitrogen and oxygen atoms in total. The van der Waals surface area contributed by atoms with Gasteiger partial charge in [-0.05, 0) is 69.0 Å². The number of aromatic nitrogens is 1. The number of aryl methyl sites for hydroxylation is 2. The predicted molar refractivity (Wildman–Crippen MR) is 130 cm³/mol. The van der Waals surface area contributed by atoms with Crippen LogP contribution in [-0.2, 0) is 16.4 Å². The quantitative estimate of drug-likeness (QED) is 0.656. The topological polar surface area (TPSA) is 73.5 Å². The third-order valence-corrected chi connectivity index (χ3v) is 9.90. The minimum atomic E-state index is -3.50. The summed E-state index contributed by atoms with van der Waals surface area (Å²) in [7, 11) is -3.50. The van der Waals surface area contributed by atoms with Crippen LogP contribution >= 0.6 is 11.3 Å². The van der Waals surface area contributed by atoms with Crippen LogP contribution in [0.15, 0.2) is 51.6 Å². The Balaban J connectivity index is 1.41. The van der Waals surface area contributed by atoms with Crippen molar-refractivity contribution in [3.8, 4) is 10.4 Å². The van der Waals surface area contributed by atoms with Crippen LogP contribution in [0, 0.1) is 12.8 Å². The standard InChI is InChI=1S/C24H31N3O3S2/c1-3-20-17-21(18(2)25-24(20)28)22-7-8-23(31-22)32(29,30)27-15-10-19(11-16-27)9-14-26-12-5-4-6-13-26/h4-8,12,17,19H,3,9-11,13-16H2,1-2H3,(H,25,28). The van der Waals surface area contributed by atoms with Crippen molar-refractivity contribution in [2.45, 2.75) is 43.7 Å². The summed E-state index contributed by atoms with van der Waals surface area (Å²) in [6, 6.07) is 5.44. The average molecular weight is 474 g/mol. The molecular weight excluding hydrogens is 442 g/mol. The van der Waals surface area contributed by atoms with E-state index >= 15 is 0 Å². The first-order valence-corrected chi connectivity index (χ1v) is 13.5. The summed E-state index contributed by atoms with van der Waals surface area (Å²) in [5.41, 5.74) is 2.29. The summed E-state index contributed by atoms with van der Waals surface area (Å²) in [5.74, 6) is 0.566. The molecule has 0 amide bonds. The Morgan fingerprint density at radius 2 is 1.97 bits per heavy atom. The van der Waals surface area contributed by atoms with E-state index in [9.17, 15) is 13.2 Å². The fourth-order valence-electron chi connectivity index (χ4n) is 4.37. The van der Waals surface area contributed by atoms with Gasteiger partial charge in [0.2, 0.25) is 0 Å². The number of piperidine rings is 1. The number of hydrogen-bond donors (Lipinski definition) is 1. The maximum atomic E-state index is 13.3. The van der Waals surface area contributed by atoms with Crippen molar-refractivity contribution in [3.63, 3.8) is 0 Å². The molecule has 0 unspecified atom stereocenters. The van der Waals surface area contributed by atoms with E-state index in [2.05, 4.69) is 34.3 Å². The first-order valence-electron chi connectivity index (χ1n) is 11.3. The number of allylic oxidation sites excluding steroid dienone is 2. The summed E-state index contributed by atoms with van der Waals surface area (Å²) in [5, 5.41) is 0. The molecule has 2 aromatic heterocycles. The number of H-pyrrole nitrogens is 1. The minimum Gasteiger partial charge on any atom is -0.374 e. The summed E-state index contributed by atoms with van der Waals surface area (Å²) >= 11 is 1.28. The Labute approximate surface area is 194 Å². The molecule has 0 atom stereocenters. The van der Waals surface area contributed by atoms with Gasteiger partial charge in [0.25, 0.3) is 15.6 Å². The smallest absolute Gasteiger partial charge is 0.252 e. The van der Waals surface area contributed by atoms with E-state index in [0.717, 1.165) is 48.5 Å². The van der Waals surface area contributed by atoms with Crippen LogP contribution < -0.4 is 5.56 Å². The molecule has 0 bridgehead atoms. The van der Waals surface area contributed by atoms with Crippen molar-refractivity contribution < 1.29 is 8.42 Å². The third kappa shape index (κ3) is 4.92. The van der Waals surface area contributed by atoms with E-state index in [-0.39, 0.29) is 5.56 Å². The molecule has 2 aliphatic heterocycles. The van der Waals surface area contributed by atoms with Gasteiger partial charge in [0.05, 0.1) is 0 Å². The molecule has 32 heavy (non-hydrogen) atoms. The number of rotatable bonds is 7. The van der Waals surface area contributed by atoms with Crippen LogP contribution in [-0.4, -0.2) is 48.8 Å². The fraction of sp³-hybridized carbons (Fsp3) is 0.458. The first kappa shape index (κ1) is 23.0. The lowest BCUT2D eigenvalue weighted by molar-refractivity contribution is 0.245. The van der Waals surface area contributed by atoms with Crippen molar-refractivity contribution in [1.82, 2.24) is 14.2 Å². The van der Waals surface area contributed by atoms with Gasteiger partial charge in [-0.15, -0.1) is 11.3 Å². The van der Waals surface area contributed by atoms with Gasteiger partial charge in [-0.1, -0.05) is 19.1 Å². The zero-order valence-electron chi connectivity index (χ0n) is 18.7. The summed E-state index contributed by atoms with van der Waals surface area (Å²) in [6.07, 6.45) is 12.0. The molecule has 2 aromatic rings. The van der Waals surface area contributed by atoms with E-state index in [4.69, 9.17) is 0 Å². The molecule has 4 heterocycles. The second-order valence-corrected chi connectivity index (χ2v) is 11.8. The molecule has 4 rings (SSSR count). The lowest BCUT2D eigenvalue weighted by Gasteiger charge is -2.32. The fourth-order valence-corrected chi connectivity index (χ4v) is 7.38. The van der Waals surface area contributed by atoms with E-state index in [0.29, 0.717) is 35.2 Å². The second-order valence-electron chi connectivity index (χ2n) is 8.54. The molecule has 0 spiro atoms. The molecule has 0 saturated carbocycles. The Hall–Kier alpha value is -2.16. The highest BCUT2D eigenvalue weighted by molar-refractivity contribution is 7.91. The maximum Gasteiger partial charge on any atom is 0.252 e. The van der Waals surface area contributed by atoms with Crippen molar-refractivity contribution in [2.24, 2.45) is 5.92 Å². The lowest BCUT2D eigenvalue weighted by atomic mass is 9.94. The van der Waals surface area contributed by atoms with E-state index in [1.807, 2.05) is 26.0 Å². The summed E-state index contributed by atoms with van der Waals surface area (Å²) in [6.45, 7) is 6.92. The van der Waals surface area contributed by atoms with Crippen molar-refractivity contribution in [3.05, 3.63) is 64.2 Å². The molecule has 2 aliphatic rings. The van der Waals surface area contributed by atoms with Crippen LogP contribution in [0.2, 0.25) is 0 Å². The Morgan fingerprint density at radius 1 is 1.19 bits per heavy atom. The highest BCUT2D eigenvalue weighted by Crippen LogP contribution is 2.35. The summed E-state index contributed by atoms with van der Waals surface area (Å²) < 4.78 is 28.5. The molecular formula is C24H31N3O3S2. The zero-order chi connectivity index (χ0) is 22.7. The first-order chi connectivity index (χ1) is 15.4. The van der Waals surface area contributed by atoms with Gasteiger partial charge in [0, 0.05) is 47.9 Å². The normalized spacial score (nSPS) is 17.9. The van der Waals surface area contributed by atoms with Crippen LogP contribution in [0.4, 0.5) is 0 Å². The van der Waals surface area contributed by atoms with Gasteiger partial charge in [-0.25, -0.2) is 8.42 Å². The molecule has 0 aliphatic carbocycles. The van der Waals surface area contributed by atoms with Gasteiger partial charge in [-0.2, -0.15) is 4.31 Å². The van der Waals surface area contributed by atoms with Gasteiger partial charge in [0.15, 0.2) is 0 Å². The number of hydrogen-bond acceptors (Lipinski definition) is 5. The number of pyridine rings is 1. The van der Waals surface area contributed by atoms with E-state index in [1.54, 1.807) is 10.4 Å². The van der Waals surface area contributed by atoms with Crippen molar-refractivity contribution >= 4 is 21.4 Å². The monoisotopic (exact) mass is 473 g/mol. The predicted octanol–water partition coefficient (Wildman–Crippen LogP) is 4.15. The van der Waals surface area contributed by atoms with Crippen LogP contribution in [0.3, 0.4) is 0 Å².